The fraction of sp³-hybridized carbons (Fsp3) is 0.667. The number of hydrogen-bond donors (Lipinski definition) is 1. The number of aromatic amines is 1. The average Bonchev–Trinajstić information content (AvgIpc) is 2.58. The zero-order valence-corrected chi connectivity index (χ0v) is 11.0. The molecule has 3 unspecified atom stereocenters. The van der Waals surface area contributed by atoms with Crippen LogP contribution in [-0.2, 0) is 0 Å². The molecule has 1 aliphatic rings. The van der Waals surface area contributed by atoms with E-state index in [1.807, 2.05) is 0 Å². The first-order valence-corrected chi connectivity index (χ1v) is 6.32. The first-order chi connectivity index (χ1) is 7.93. The second kappa shape index (κ2) is 4.33. The molecule has 1 heterocycles. The first-order valence-electron chi connectivity index (χ1n) is 5.94. The van der Waals surface area contributed by atoms with Crippen LogP contribution in [0.25, 0.3) is 0 Å². The van der Waals surface area contributed by atoms with Gasteiger partial charge in [-0.2, -0.15) is 0 Å². The summed E-state index contributed by atoms with van der Waals surface area (Å²) in [6.07, 6.45) is 1.94. The van der Waals surface area contributed by atoms with Gasteiger partial charge in [-0.1, -0.05) is 25.4 Å². The predicted octanol–water partition coefficient (Wildman–Crippen LogP) is 2.11. The molecule has 2 rings (SSSR count). The zero-order chi connectivity index (χ0) is 12.7. The normalized spacial score (nSPS) is 28.6. The van der Waals surface area contributed by atoms with E-state index in [4.69, 9.17) is 11.6 Å². The molecule has 17 heavy (non-hydrogen) atoms. The summed E-state index contributed by atoms with van der Waals surface area (Å²) in [5.74, 6) is 0.886. The minimum atomic E-state index is -0.392. The number of H-pyrrole nitrogens is 1. The van der Waals surface area contributed by atoms with E-state index in [1.54, 1.807) is 6.92 Å². The molecule has 1 N–H and O–H groups in total. The number of hydrogen-bond acceptors (Lipinski definition) is 2. The lowest BCUT2D eigenvalue weighted by Gasteiger charge is -2.20. The predicted molar refractivity (Wildman–Crippen MR) is 67.7 cm³/mol. The molecule has 5 heteroatoms. The van der Waals surface area contributed by atoms with Crippen molar-refractivity contribution in [3.63, 3.8) is 0 Å². The summed E-state index contributed by atoms with van der Waals surface area (Å²) >= 11 is 5.79. The Morgan fingerprint density at radius 2 is 1.94 bits per heavy atom. The maximum atomic E-state index is 12.1. The smallest absolute Gasteiger partial charge is 0.297 e. The number of rotatable bonds is 1. The van der Waals surface area contributed by atoms with E-state index in [0.29, 0.717) is 17.4 Å². The van der Waals surface area contributed by atoms with Crippen LogP contribution in [0.5, 0.6) is 0 Å². The summed E-state index contributed by atoms with van der Waals surface area (Å²) in [7, 11) is 0. The fourth-order valence-electron chi connectivity index (χ4n) is 2.62. The summed E-state index contributed by atoms with van der Waals surface area (Å²) in [5.41, 5.74) is -0.237. The molecule has 4 nitrogen and oxygen atoms in total. The van der Waals surface area contributed by atoms with Gasteiger partial charge in [-0.3, -0.25) is 14.3 Å². The number of aromatic nitrogens is 2. The molecule has 0 spiro atoms. The third-order valence-electron chi connectivity index (χ3n) is 4.06. The van der Waals surface area contributed by atoms with E-state index in [9.17, 15) is 9.59 Å². The van der Waals surface area contributed by atoms with Gasteiger partial charge in [-0.05, 0) is 31.6 Å². The molecule has 94 valence electrons. The van der Waals surface area contributed by atoms with E-state index in [1.165, 1.54) is 4.57 Å². The molecular weight excluding hydrogens is 240 g/mol. The van der Waals surface area contributed by atoms with Crippen LogP contribution in [0.15, 0.2) is 9.59 Å². The lowest BCUT2D eigenvalue weighted by Crippen LogP contribution is -2.40. The standard InChI is InChI=1S/C12H17ClN2O2/c1-6-4-5-9(7(6)2)15-11(16)8(3)10(13)14-12(15)17/h6-7,9H,4-5H2,1-3H3,(H,14,17). The molecule has 0 bridgehead atoms. The molecule has 3 atom stereocenters. The molecule has 1 fully saturated rings. The van der Waals surface area contributed by atoms with Gasteiger partial charge in [0.1, 0.15) is 5.15 Å². The molecule has 0 radical (unpaired) electrons. The van der Waals surface area contributed by atoms with Crippen LogP contribution in [-0.4, -0.2) is 9.55 Å². The molecule has 1 aliphatic carbocycles. The van der Waals surface area contributed by atoms with Gasteiger partial charge in [0.15, 0.2) is 0 Å². The molecule has 0 aliphatic heterocycles. The Hall–Kier alpha value is -1.03. The lowest BCUT2D eigenvalue weighted by atomic mass is 9.97. The van der Waals surface area contributed by atoms with Crippen molar-refractivity contribution in [1.29, 1.82) is 0 Å². The maximum absolute atomic E-state index is 12.1. The topological polar surface area (TPSA) is 54.9 Å². The highest BCUT2D eigenvalue weighted by Gasteiger charge is 2.33. The highest BCUT2D eigenvalue weighted by molar-refractivity contribution is 6.30. The van der Waals surface area contributed by atoms with Crippen LogP contribution in [0.3, 0.4) is 0 Å². The SMILES string of the molecule is Cc1c(Cl)[nH]c(=O)n(C2CCC(C)C2C)c1=O. The van der Waals surface area contributed by atoms with Crippen LogP contribution < -0.4 is 11.2 Å². The fourth-order valence-corrected chi connectivity index (χ4v) is 2.78. The largest absolute Gasteiger partial charge is 0.329 e. The van der Waals surface area contributed by atoms with E-state index in [0.717, 1.165) is 12.8 Å². The maximum Gasteiger partial charge on any atom is 0.329 e. The van der Waals surface area contributed by atoms with E-state index < -0.39 is 5.69 Å². The van der Waals surface area contributed by atoms with Crippen molar-refractivity contribution < 1.29 is 0 Å². The van der Waals surface area contributed by atoms with Crippen molar-refractivity contribution in [3.05, 3.63) is 31.6 Å². The molecular formula is C12H17ClN2O2. The molecule has 1 aromatic rings. The van der Waals surface area contributed by atoms with Gasteiger partial charge in [0.25, 0.3) is 5.56 Å². The number of nitrogens with zero attached hydrogens (tertiary/aromatic N) is 1. The monoisotopic (exact) mass is 256 g/mol. The molecule has 0 aromatic carbocycles. The summed E-state index contributed by atoms with van der Waals surface area (Å²) < 4.78 is 1.34. The van der Waals surface area contributed by atoms with Crippen LogP contribution in [0.4, 0.5) is 0 Å². The number of nitrogens with one attached hydrogen (secondary N) is 1. The van der Waals surface area contributed by atoms with Gasteiger partial charge in [0.2, 0.25) is 0 Å². The molecule has 0 saturated heterocycles. The quantitative estimate of drug-likeness (QED) is 0.783. The second-order valence-electron chi connectivity index (χ2n) is 5.03. The van der Waals surface area contributed by atoms with E-state index >= 15 is 0 Å². The molecule has 1 aromatic heterocycles. The van der Waals surface area contributed by atoms with Crippen molar-refractivity contribution in [3.8, 4) is 0 Å². The van der Waals surface area contributed by atoms with Crippen LogP contribution in [0.1, 0.15) is 38.3 Å². The molecule has 0 amide bonds. The van der Waals surface area contributed by atoms with E-state index in [2.05, 4.69) is 18.8 Å². The van der Waals surface area contributed by atoms with Crippen LogP contribution in [0, 0.1) is 18.8 Å². The summed E-state index contributed by atoms with van der Waals surface area (Å²) in [6.45, 7) is 5.89. The van der Waals surface area contributed by atoms with Gasteiger partial charge < -0.3 is 0 Å². The Labute approximate surface area is 105 Å². The van der Waals surface area contributed by atoms with Gasteiger partial charge in [0.05, 0.1) is 0 Å². The van der Waals surface area contributed by atoms with E-state index in [-0.39, 0.29) is 16.8 Å². The average molecular weight is 257 g/mol. The van der Waals surface area contributed by atoms with Gasteiger partial charge in [0, 0.05) is 11.6 Å². The summed E-state index contributed by atoms with van der Waals surface area (Å²) in [4.78, 5) is 26.5. The Bertz CT molecular complexity index is 546. The minimum absolute atomic E-state index is 0.00258. The zero-order valence-electron chi connectivity index (χ0n) is 10.3. The van der Waals surface area contributed by atoms with Gasteiger partial charge in [-0.25, -0.2) is 4.79 Å². The van der Waals surface area contributed by atoms with Gasteiger partial charge in [-0.15, -0.1) is 0 Å². The van der Waals surface area contributed by atoms with Crippen molar-refractivity contribution in [2.24, 2.45) is 11.8 Å². The van der Waals surface area contributed by atoms with Crippen molar-refractivity contribution in [1.82, 2.24) is 9.55 Å². The molecule has 1 saturated carbocycles. The van der Waals surface area contributed by atoms with Crippen molar-refractivity contribution in [2.45, 2.75) is 39.7 Å². The Morgan fingerprint density at radius 3 is 2.47 bits per heavy atom. The Kier molecular flexibility index (Phi) is 3.17. The second-order valence-corrected chi connectivity index (χ2v) is 5.40. The third kappa shape index (κ3) is 1.95. The van der Waals surface area contributed by atoms with Crippen molar-refractivity contribution >= 4 is 11.6 Å². The Morgan fingerprint density at radius 1 is 1.29 bits per heavy atom. The van der Waals surface area contributed by atoms with Crippen LogP contribution in [0.2, 0.25) is 5.15 Å². The lowest BCUT2D eigenvalue weighted by molar-refractivity contribution is 0.336. The third-order valence-corrected chi connectivity index (χ3v) is 4.44. The minimum Gasteiger partial charge on any atom is -0.297 e. The Balaban J connectivity index is 2.58. The van der Waals surface area contributed by atoms with Crippen molar-refractivity contribution in [2.75, 3.05) is 0 Å². The van der Waals surface area contributed by atoms with Crippen LogP contribution >= 0.6 is 11.6 Å². The van der Waals surface area contributed by atoms with Gasteiger partial charge >= 0.3 is 5.69 Å². The highest BCUT2D eigenvalue weighted by Crippen LogP contribution is 2.38. The highest BCUT2D eigenvalue weighted by atomic mass is 35.5. The summed E-state index contributed by atoms with van der Waals surface area (Å²) in [6, 6.07) is -0.00258. The number of halogens is 1. The first kappa shape index (κ1) is 12.4. The summed E-state index contributed by atoms with van der Waals surface area (Å²) in [5, 5.41) is 0.148.